The molecule has 2 heterocycles. The van der Waals surface area contributed by atoms with Gasteiger partial charge in [0.15, 0.2) is 0 Å². The molecule has 2 aromatic carbocycles. The third-order valence-corrected chi connectivity index (χ3v) is 7.72. The highest BCUT2D eigenvalue weighted by molar-refractivity contribution is 6.42. The molecule has 0 radical (unpaired) electrons. The van der Waals surface area contributed by atoms with E-state index in [4.69, 9.17) is 40.5 Å². The van der Waals surface area contributed by atoms with Crippen LogP contribution in [0.15, 0.2) is 59.4 Å². The Labute approximate surface area is 236 Å². The fourth-order valence-electron chi connectivity index (χ4n) is 4.69. The van der Waals surface area contributed by atoms with Crippen molar-refractivity contribution in [3.63, 3.8) is 0 Å². The van der Waals surface area contributed by atoms with Crippen LogP contribution in [0.3, 0.4) is 0 Å². The van der Waals surface area contributed by atoms with E-state index in [1.165, 1.54) is 4.52 Å². The fraction of sp³-hybridized carbons (Fsp3) is 0.321. The molecule has 0 spiro atoms. The summed E-state index contributed by atoms with van der Waals surface area (Å²) < 4.78 is 3.00. The van der Waals surface area contributed by atoms with Gasteiger partial charge in [0.1, 0.15) is 0 Å². The van der Waals surface area contributed by atoms with Gasteiger partial charge in [-0.15, -0.1) is 0 Å². The lowest BCUT2D eigenvalue weighted by molar-refractivity contribution is 0.0609. The molecular formula is C28H30Cl3N5O2. The summed E-state index contributed by atoms with van der Waals surface area (Å²) in [4.78, 5) is 29.6. The predicted molar refractivity (Wildman–Crippen MR) is 153 cm³/mol. The van der Waals surface area contributed by atoms with E-state index >= 15 is 0 Å². The Bertz CT molecular complexity index is 1510. The number of aryl methyl sites for hydroxylation is 1. The average Bonchev–Trinajstić information content (AvgIpc) is 3.18. The Morgan fingerprint density at radius 3 is 2.39 bits per heavy atom. The van der Waals surface area contributed by atoms with Gasteiger partial charge in [0.2, 0.25) is 0 Å². The van der Waals surface area contributed by atoms with Crippen molar-refractivity contribution in [2.45, 2.75) is 39.8 Å². The number of amides is 1. The molecule has 38 heavy (non-hydrogen) atoms. The summed E-state index contributed by atoms with van der Waals surface area (Å²) in [5, 5.41) is 5.45. The van der Waals surface area contributed by atoms with Gasteiger partial charge in [-0.05, 0) is 55.6 Å². The van der Waals surface area contributed by atoms with Crippen LogP contribution >= 0.6 is 34.8 Å². The van der Waals surface area contributed by atoms with Crippen molar-refractivity contribution in [3.05, 3.63) is 103 Å². The van der Waals surface area contributed by atoms with Crippen LogP contribution in [-0.4, -0.2) is 38.1 Å². The van der Waals surface area contributed by atoms with E-state index in [0.29, 0.717) is 63.6 Å². The molecule has 0 saturated heterocycles. The quantitative estimate of drug-likeness (QED) is 0.266. The summed E-state index contributed by atoms with van der Waals surface area (Å²) in [6, 6.07) is 15.9. The third kappa shape index (κ3) is 5.61. The molecule has 0 bridgehead atoms. The van der Waals surface area contributed by atoms with Crippen LogP contribution < -0.4 is 11.4 Å². The second-order valence-corrected chi connectivity index (χ2v) is 10.8. The molecule has 200 valence electrons. The molecule has 0 fully saturated rings. The standard InChI is InChI=1S/C28H30Cl3N5O2/c1-17(2)26(34(13-7-12-32)27(37)20-10-11-21(29)22(30)14-20)24-15-23-25(31)18(3)33-36(23)28(38)35(24)16-19-8-5-4-6-9-19/h4-6,8-11,14-15,17,26H,7,12-13,16,32H2,1-3H3/t26-/m1/s1. The maximum absolute atomic E-state index is 14.0. The molecular weight excluding hydrogens is 545 g/mol. The van der Waals surface area contributed by atoms with Crippen molar-refractivity contribution in [3.8, 4) is 0 Å². The highest BCUT2D eigenvalue weighted by Gasteiger charge is 2.32. The van der Waals surface area contributed by atoms with Crippen molar-refractivity contribution in [2.75, 3.05) is 13.1 Å². The van der Waals surface area contributed by atoms with E-state index in [1.807, 2.05) is 50.2 Å². The predicted octanol–water partition coefficient (Wildman–Crippen LogP) is 6.00. The monoisotopic (exact) mass is 573 g/mol. The zero-order valence-corrected chi connectivity index (χ0v) is 23.8. The number of fused-ring (bicyclic) bond motifs is 1. The Balaban J connectivity index is 1.95. The topological polar surface area (TPSA) is 85.6 Å². The molecule has 1 atom stereocenters. The normalized spacial score (nSPS) is 12.3. The third-order valence-electron chi connectivity index (χ3n) is 6.51. The van der Waals surface area contributed by atoms with Gasteiger partial charge in [-0.25, -0.2) is 4.79 Å². The van der Waals surface area contributed by atoms with Crippen molar-refractivity contribution >= 4 is 46.2 Å². The van der Waals surface area contributed by atoms with Gasteiger partial charge in [0.25, 0.3) is 5.91 Å². The Morgan fingerprint density at radius 1 is 1.05 bits per heavy atom. The Kier molecular flexibility index (Phi) is 8.83. The number of carbonyl (C=O) groups excluding carboxylic acids is 1. The second-order valence-electron chi connectivity index (χ2n) is 9.58. The van der Waals surface area contributed by atoms with E-state index in [9.17, 15) is 9.59 Å². The molecule has 4 aromatic rings. The van der Waals surface area contributed by atoms with Crippen molar-refractivity contribution < 1.29 is 4.79 Å². The lowest BCUT2D eigenvalue weighted by atomic mass is 9.96. The highest BCUT2D eigenvalue weighted by atomic mass is 35.5. The summed E-state index contributed by atoms with van der Waals surface area (Å²) in [6.45, 7) is 6.89. The van der Waals surface area contributed by atoms with Gasteiger partial charge < -0.3 is 10.6 Å². The largest absolute Gasteiger partial charge is 0.349 e. The number of nitrogens with zero attached hydrogens (tertiary/aromatic N) is 4. The number of hydrogen-bond donors (Lipinski definition) is 1. The van der Waals surface area contributed by atoms with Gasteiger partial charge in [-0.3, -0.25) is 9.36 Å². The first-order valence-corrected chi connectivity index (χ1v) is 13.6. The van der Waals surface area contributed by atoms with Crippen LogP contribution in [0.2, 0.25) is 15.1 Å². The minimum absolute atomic E-state index is 0.0637. The number of halogens is 3. The molecule has 0 unspecified atom stereocenters. The lowest BCUT2D eigenvalue weighted by Crippen LogP contribution is -2.42. The van der Waals surface area contributed by atoms with E-state index in [1.54, 1.807) is 34.6 Å². The minimum atomic E-state index is -0.476. The van der Waals surface area contributed by atoms with E-state index < -0.39 is 6.04 Å². The molecule has 2 aromatic heterocycles. The smallest absolute Gasteiger partial charge is 0.330 e. The zero-order chi connectivity index (χ0) is 27.6. The van der Waals surface area contributed by atoms with Gasteiger partial charge in [-0.1, -0.05) is 79.0 Å². The van der Waals surface area contributed by atoms with Crippen LogP contribution in [0, 0.1) is 12.8 Å². The second kappa shape index (κ2) is 11.9. The molecule has 1 amide bonds. The van der Waals surface area contributed by atoms with Gasteiger partial charge in [-0.2, -0.15) is 9.61 Å². The molecule has 10 heteroatoms. The number of carbonyl (C=O) groups is 1. The van der Waals surface area contributed by atoms with Gasteiger partial charge in [0, 0.05) is 17.8 Å². The van der Waals surface area contributed by atoms with Crippen molar-refractivity contribution in [1.29, 1.82) is 0 Å². The van der Waals surface area contributed by atoms with Gasteiger partial charge in [0.05, 0.1) is 38.9 Å². The average molecular weight is 575 g/mol. The van der Waals surface area contributed by atoms with Crippen molar-refractivity contribution in [1.82, 2.24) is 19.1 Å². The van der Waals surface area contributed by atoms with Gasteiger partial charge >= 0.3 is 5.69 Å². The van der Waals surface area contributed by atoms with Crippen LogP contribution in [0.1, 0.15) is 53.6 Å². The van der Waals surface area contributed by atoms with Crippen LogP contribution in [0.4, 0.5) is 0 Å². The number of aromatic nitrogens is 3. The summed E-state index contributed by atoms with van der Waals surface area (Å²) in [5.41, 5.74) is 8.60. The molecule has 0 aliphatic carbocycles. The summed E-state index contributed by atoms with van der Waals surface area (Å²) in [7, 11) is 0. The number of hydrogen-bond acceptors (Lipinski definition) is 4. The molecule has 0 aliphatic rings. The van der Waals surface area contributed by atoms with Crippen LogP contribution in [0.25, 0.3) is 5.52 Å². The number of nitrogens with two attached hydrogens (primary N) is 1. The van der Waals surface area contributed by atoms with E-state index in [-0.39, 0.29) is 17.5 Å². The first kappa shape index (κ1) is 28.2. The number of benzene rings is 2. The first-order valence-electron chi connectivity index (χ1n) is 12.4. The maximum Gasteiger partial charge on any atom is 0.349 e. The highest BCUT2D eigenvalue weighted by Crippen LogP contribution is 2.33. The van der Waals surface area contributed by atoms with Crippen LogP contribution in [-0.2, 0) is 6.54 Å². The van der Waals surface area contributed by atoms with Crippen molar-refractivity contribution in [2.24, 2.45) is 11.7 Å². The zero-order valence-electron chi connectivity index (χ0n) is 21.5. The Morgan fingerprint density at radius 2 is 1.76 bits per heavy atom. The van der Waals surface area contributed by atoms with E-state index in [2.05, 4.69) is 5.10 Å². The summed E-state index contributed by atoms with van der Waals surface area (Å²) in [5.74, 6) is -0.295. The summed E-state index contributed by atoms with van der Waals surface area (Å²) in [6.07, 6.45) is 0.577. The van der Waals surface area contributed by atoms with Crippen LogP contribution in [0.5, 0.6) is 0 Å². The Hall–Kier alpha value is -2.84. The van der Waals surface area contributed by atoms with E-state index in [0.717, 1.165) is 5.56 Å². The number of rotatable bonds is 9. The first-order chi connectivity index (χ1) is 18.1. The molecule has 7 nitrogen and oxygen atoms in total. The molecule has 0 saturated carbocycles. The summed E-state index contributed by atoms with van der Waals surface area (Å²) >= 11 is 18.9. The lowest BCUT2D eigenvalue weighted by Gasteiger charge is -2.36. The molecule has 4 rings (SSSR count). The minimum Gasteiger partial charge on any atom is -0.330 e. The molecule has 2 N–H and O–H groups in total. The molecule has 0 aliphatic heterocycles. The maximum atomic E-state index is 14.0. The fourth-order valence-corrected chi connectivity index (χ4v) is 5.16. The SMILES string of the molecule is Cc1nn2c(=O)n(Cc3ccccc3)c([C@@H](C(C)C)N(CCCN)C(=O)c3ccc(Cl)c(Cl)c3)cc2c1Cl.